The van der Waals surface area contributed by atoms with E-state index < -0.39 is 11.6 Å². The zero-order valence-electron chi connectivity index (χ0n) is 12.8. The monoisotopic (exact) mass is 291 g/mol. The number of fused-ring (bicyclic) bond motifs is 1. The van der Waals surface area contributed by atoms with Crippen molar-refractivity contribution in [3.8, 4) is 0 Å². The molecule has 0 saturated heterocycles. The molecule has 1 heterocycles. The van der Waals surface area contributed by atoms with Crippen LogP contribution >= 0.6 is 0 Å². The van der Waals surface area contributed by atoms with E-state index >= 15 is 0 Å². The fourth-order valence-corrected chi connectivity index (χ4v) is 2.44. The fraction of sp³-hybridized carbons (Fsp3) is 0.500. The van der Waals surface area contributed by atoms with Crippen molar-refractivity contribution < 1.29 is 19.4 Å². The zero-order valence-corrected chi connectivity index (χ0v) is 12.8. The summed E-state index contributed by atoms with van der Waals surface area (Å²) in [5, 5.41) is 9.04. The molecule has 21 heavy (non-hydrogen) atoms. The summed E-state index contributed by atoms with van der Waals surface area (Å²) < 4.78 is 5.42. The molecule has 5 nitrogen and oxygen atoms in total. The van der Waals surface area contributed by atoms with Crippen molar-refractivity contribution in [3.63, 3.8) is 0 Å². The number of ether oxygens (including phenoxy) is 1. The van der Waals surface area contributed by atoms with E-state index in [0.717, 1.165) is 11.1 Å². The van der Waals surface area contributed by atoms with E-state index in [2.05, 4.69) is 0 Å². The molecule has 1 aromatic rings. The molecule has 2 rings (SSSR count). The van der Waals surface area contributed by atoms with E-state index in [1.165, 1.54) is 0 Å². The van der Waals surface area contributed by atoms with Crippen LogP contribution in [0, 0.1) is 0 Å². The maximum absolute atomic E-state index is 12.2. The van der Waals surface area contributed by atoms with Gasteiger partial charge < -0.3 is 14.7 Å². The predicted octanol–water partition coefficient (Wildman–Crippen LogP) is 3.07. The molecule has 0 spiro atoms. The van der Waals surface area contributed by atoms with E-state index in [1.54, 1.807) is 23.1 Å². The Morgan fingerprint density at radius 1 is 1.29 bits per heavy atom. The number of carboxylic acids is 1. The minimum absolute atomic E-state index is 0.0172. The van der Waals surface area contributed by atoms with Gasteiger partial charge in [0, 0.05) is 12.6 Å². The first-order valence-electron chi connectivity index (χ1n) is 7.02. The van der Waals surface area contributed by atoms with Gasteiger partial charge in [-0.05, 0) is 57.4 Å². The van der Waals surface area contributed by atoms with Gasteiger partial charge in [-0.1, -0.05) is 6.07 Å². The minimum Gasteiger partial charge on any atom is -0.478 e. The van der Waals surface area contributed by atoms with E-state index in [4.69, 9.17) is 9.84 Å². The summed E-state index contributed by atoms with van der Waals surface area (Å²) >= 11 is 0. The van der Waals surface area contributed by atoms with Crippen molar-refractivity contribution in [2.75, 3.05) is 0 Å². The number of amides is 1. The molecule has 114 valence electrons. The van der Waals surface area contributed by atoms with Crippen LogP contribution < -0.4 is 0 Å². The molecule has 1 aromatic carbocycles. The highest BCUT2D eigenvalue weighted by Gasteiger charge is 2.30. The van der Waals surface area contributed by atoms with Gasteiger partial charge in [-0.25, -0.2) is 9.59 Å². The van der Waals surface area contributed by atoms with Gasteiger partial charge in [0.2, 0.25) is 0 Å². The lowest BCUT2D eigenvalue weighted by atomic mass is 9.93. The molecule has 0 unspecified atom stereocenters. The first-order valence-corrected chi connectivity index (χ1v) is 7.02. The number of hydrogen-bond acceptors (Lipinski definition) is 3. The molecular formula is C16H21NO4. The van der Waals surface area contributed by atoms with E-state index in [1.807, 2.05) is 27.7 Å². The van der Waals surface area contributed by atoms with Gasteiger partial charge in [0.1, 0.15) is 5.60 Å². The van der Waals surface area contributed by atoms with Gasteiger partial charge in [0.25, 0.3) is 0 Å². The van der Waals surface area contributed by atoms with Crippen LogP contribution in [0.4, 0.5) is 4.79 Å². The maximum atomic E-state index is 12.2. The van der Waals surface area contributed by atoms with Crippen LogP contribution in [0.1, 0.15) is 49.2 Å². The van der Waals surface area contributed by atoms with Crippen molar-refractivity contribution in [1.29, 1.82) is 0 Å². The Labute approximate surface area is 124 Å². The number of carboxylic acid groups (broad SMARTS) is 1. The standard InChI is InChI=1S/C16H21NO4/c1-10-7-13-8-11(14(18)19)5-6-12(13)9-17(10)15(20)21-16(2,3)4/h5-6,8,10H,7,9H2,1-4H3,(H,18,19)/t10-/m1/s1. The highest BCUT2D eigenvalue weighted by molar-refractivity contribution is 5.88. The Hall–Kier alpha value is -2.04. The first-order chi connectivity index (χ1) is 9.67. The third-order valence-electron chi connectivity index (χ3n) is 3.47. The SMILES string of the molecule is C[C@@H]1Cc2cc(C(=O)O)ccc2CN1C(=O)OC(C)(C)C. The number of aromatic carboxylic acids is 1. The molecule has 0 aromatic heterocycles. The van der Waals surface area contributed by atoms with Crippen molar-refractivity contribution in [1.82, 2.24) is 4.90 Å². The summed E-state index contributed by atoms with van der Waals surface area (Å²) in [6, 6.07) is 5.03. The zero-order chi connectivity index (χ0) is 15.8. The normalized spacial score (nSPS) is 18.1. The second kappa shape index (κ2) is 5.39. The van der Waals surface area contributed by atoms with Gasteiger partial charge in [-0.15, -0.1) is 0 Å². The summed E-state index contributed by atoms with van der Waals surface area (Å²) in [6.07, 6.45) is 0.304. The summed E-state index contributed by atoms with van der Waals surface area (Å²) in [4.78, 5) is 24.9. The molecule has 0 aliphatic carbocycles. The molecule has 1 N–H and O–H groups in total. The number of hydrogen-bond donors (Lipinski definition) is 1. The number of rotatable bonds is 1. The van der Waals surface area contributed by atoms with Crippen molar-refractivity contribution in [3.05, 3.63) is 34.9 Å². The van der Waals surface area contributed by atoms with Crippen LogP contribution in [0.2, 0.25) is 0 Å². The van der Waals surface area contributed by atoms with E-state index in [-0.39, 0.29) is 17.7 Å². The predicted molar refractivity (Wildman–Crippen MR) is 78.3 cm³/mol. The molecule has 0 fully saturated rings. The average Bonchev–Trinajstić information content (AvgIpc) is 2.34. The van der Waals surface area contributed by atoms with Gasteiger partial charge in [-0.2, -0.15) is 0 Å². The van der Waals surface area contributed by atoms with Gasteiger partial charge >= 0.3 is 12.1 Å². The molecule has 5 heteroatoms. The van der Waals surface area contributed by atoms with Crippen LogP contribution in [0.25, 0.3) is 0 Å². The minimum atomic E-state index is -0.931. The van der Waals surface area contributed by atoms with Crippen LogP contribution in [0.3, 0.4) is 0 Å². The molecular weight excluding hydrogens is 270 g/mol. The molecule has 1 aliphatic rings. The van der Waals surface area contributed by atoms with Crippen LogP contribution in [-0.4, -0.2) is 33.7 Å². The number of nitrogens with zero attached hydrogens (tertiary/aromatic N) is 1. The molecule has 1 atom stereocenters. The first kappa shape index (κ1) is 15.4. The number of carbonyl (C=O) groups excluding carboxylic acids is 1. The van der Waals surface area contributed by atoms with Gasteiger partial charge in [0.15, 0.2) is 0 Å². The van der Waals surface area contributed by atoms with Crippen molar-refractivity contribution in [2.24, 2.45) is 0 Å². The maximum Gasteiger partial charge on any atom is 0.410 e. The molecule has 1 amide bonds. The Morgan fingerprint density at radius 2 is 1.95 bits per heavy atom. The second-order valence-corrected chi connectivity index (χ2v) is 6.45. The lowest BCUT2D eigenvalue weighted by molar-refractivity contribution is 0.0138. The third kappa shape index (κ3) is 3.54. The van der Waals surface area contributed by atoms with E-state index in [0.29, 0.717) is 13.0 Å². The van der Waals surface area contributed by atoms with Crippen LogP contribution in [0.15, 0.2) is 18.2 Å². The lowest BCUT2D eigenvalue weighted by Crippen LogP contribution is -2.45. The largest absolute Gasteiger partial charge is 0.478 e. The van der Waals surface area contributed by atoms with Crippen molar-refractivity contribution >= 4 is 12.1 Å². The quantitative estimate of drug-likeness (QED) is 0.863. The second-order valence-electron chi connectivity index (χ2n) is 6.45. The molecule has 0 radical (unpaired) electrons. The molecule has 0 saturated carbocycles. The van der Waals surface area contributed by atoms with Crippen LogP contribution in [-0.2, 0) is 17.7 Å². The third-order valence-corrected chi connectivity index (χ3v) is 3.47. The Kier molecular flexibility index (Phi) is 3.94. The number of carbonyl (C=O) groups is 2. The topological polar surface area (TPSA) is 66.8 Å². The Bertz CT molecular complexity index is 574. The summed E-state index contributed by atoms with van der Waals surface area (Å²) in [6.45, 7) is 7.91. The average molecular weight is 291 g/mol. The number of benzene rings is 1. The summed E-state index contributed by atoms with van der Waals surface area (Å²) in [7, 11) is 0. The smallest absolute Gasteiger partial charge is 0.410 e. The lowest BCUT2D eigenvalue weighted by Gasteiger charge is -2.36. The van der Waals surface area contributed by atoms with Crippen LogP contribution in [0.5, 0.6) is 0 Å². The fourth-order valence-electron chi connectivity index (χ4n) is 2.44. The highest BCUT2D eigenvalue weighted by Crippen LogP contribution is 2.26. The van der Waals surface area contributed by atoms with E-state index in [9.17, 15) is 9.59 Å². The Morgan fingerprint density at radius 3 is 2.52 bits per heavy atom. The summed E-state index contributed by atoms with van der Waals surface area (Å²) in [5.41, 5.74) is 1.72. The van der Waals surface area contributed by atoms with Gasteiger partial charge in [-0.3, -0.25) is 0 Å². The highest BCUT2D eigenvalue weighted by atomic mass is 16.6. The van der Waals surface area contributed by atoms with Crippen molar-refractivity contribution in [2.45, 2.75) is 52.3 Å². The molecule has 0 bridgehead atoms. The van der Waals surface area contributed by atoms with Gasteiger partial charge in [0.05, 0.1) is 5.56 Å². The Balaban J connectivity index is 2.21. The summed E-state index contributed by atoms with van der Waals surface area (Å²) in [5.74, 6) is -0.931. The molecule has 1 aliphatic heterocycles.